The fraction of sp³-hybridized carbons (Fsp3) is 0.462. The number of methoxy groups -OCH3 is 1. The van der Waals surface area contributed by atoms with Crippen LogP contribution in [0.25, 0.3) is 0 Å². The highest BCUT2D eigenvalue weighted by Crippen LogP contribution is 2.27. The predicted octanol–water partition coefficient (Wildman–Crippen LogP) is 2.18. The van der Waals surface area contributed by atoms with Gasteiger partial charge in [-0.1, -0.05) is 6.07 Å². The molecule has 0 heterocycles. The number of hydrogen-bond acceptors (Lipinski definition) is 4. The van der Waals surface area contributed by atoms with Gasteiger partial charge in [-0.25, -0.2) is 0 Å². The van der Waals surface area contributed by atoms with E-state index in [1.165, 1.54) is 0 Å². The Morgan fingerprint density at radius 3 is 3.00 bits per heavy atom. The maximum Gasteiger partial charge on any atom is 0.174 e. The Bertz CT molecular complexity index is 408. The van der Waals surface area contributed by atoms with E-state index in [0.717, 1.165) is 24.3 Å². The molecule has 1 N–H and O–H groups in total. The molecule has 1 aliphatic carbocycles. The van der Waals surface area contributed by atoms with Gasteiger partial charge in [-0.15, -0.1) is 0 Å². The van der Waals surface area contributed by atoms with Gasteiger partial charge in [0.25, 0.3) is 0 Å². The number of nitriles is 1. The Hall–Kier alpha value is -1.73. The molecule has 4 nitrogen and oxygen atoms in total. The number of benzene rings is 1. The Morgan fingerprint density at radius 2 is 2.29 bits per heavy atom. The normalized spacial score (nSPS) is 22.4. The van der Waals surface area contributed by atoms with E-state index in [-0.39, 0.29) is 6.61 Å². The number of nitrogens with zero attached hydrogens (tertiary/aromatic N) is 1. The number of hydrogen-bond donors (Lipinski definition) is 1. The molecule has 0 atom stereocenters. The molecular weight excluding hydrogens is 216 g/mol. The predicted molar refractivity (Wildman–Crippen MR) is 65.0 cm³/mol. The molecule has 1 aliphatic rings. The minimum Gasteiger partial charge on any atom is -0.479 e. The zero-order valence-corrected chi connectivity index (χ0v) is 9.85. The van der Waals surface area contributed by atoms with Crippen LogP contribution in [0.15, 0.2) is 24.3 Å². The van der Waals surface area contributed by atoms with Crippen molar-refractivity contribution in [2.24, 2.45) is 0 Å². The molecular formula is C13H16N2O2. The van der Waals surface area contributed by atoms with E-state index in [0.29, 0.717) is 12.1 Å². The van der Waals surface area contributed by atoms with Crippen LogP contribution in [-0.2, 0) is 4.74 Å². The monoisotopic (exact) mass is 232 g/mol. The van der Waals surface area contributed by atoms with Crippen LogP contribution in [-0.4, -0.2) is 25.9 Å². The van der Waals surface area contributed by atoms with Crippen molar-refractivity contribution >= 4 is 5.69 Å². The second kappa shape index (κ2) is 5.55. The Balaban J connectivity index is 1.87. The van der Waals surface area contributed by atoms with Crippen LogP contribution in [0.5, 0.6) is 5.75 Å². The smallest absolute Gasteiger partial charge is 0.174 e. The summed E-state index contributed by atoms with van der Waals surface area (Å²) < 4.78 is 10.5. The zero-order valence-electron chi connectivity index (χ0n) is 9.85. The summed E-state index contributed by atoms with van der Waals surface area (Å²) in [6.45, 7) is 0.0820. The first kappa shape index (κ1) is 11.7. The fourth-order valence-electron chi connectivity index (χ4n) is 1.90. The van der Waals surface area contributed by atoms with Gasteiger partial charge in [0.2, 0.25) is 0 Å². The molecule has 17 heavy (non-hydrogen) atoms. The third kappa shape index (κ3) is 3.11. The van der Waals surface area contributed by atoms with Gasteiger partial charge in [-0.05, 0) is 25.0 Å². The molecule has 0 saturated heterocycles. The first-order valence-electron chi connectivity index (χ1n) is 5.71. The summed E-state index contributed by atoms with van der Waals surface area (Å²) in [7, 11) is 1.75. The molecule has 0 radical (unpaired) electrons. The van der Waals surface area contributed by atoms with Crippen LogP contribution in [0, 0.1) is 11.3 Å². The fourth-order valence-corrected chi connectivity index (χ4v) is 1.90. The third-order valence-electron chi connectivity index (χ3n) is 2.94. The van der Waals surface area contributed by atoms with Crippen molar-refractivity contribution in [1.82, 2.24) is 0 Å². The number of rotatable bonds is 5. The van der Waals surface area contributed by atoms with Crippen LogP contribution in [0.1, 0.15) is 12.8 Å². The van der Waals surface area contributed by atoms with Crippen LogP contribution < -0.4 is 10.1 Å². The maximum atomic E-state index is 8.44. The molecule has 1 fully saturated rings. The standard InChI is InChI=1S/C13H16N2O2/c1-16-13-8-11(9-13)15-10-3-2-4-12(7-10)17-6-5-14/h2-4,7,11,13,15H,6,8-9H2,1H3. The molecule has 1 saturated carbocycles. The van der Waals surface area contributed by atoms with E-state index in [9.17, 15) is 0 Å². The van der Waals surface area contributed by atoms with Gasteiger partial charge < -0.3 is 14.8 Å². The number of anilines is 1. The minimum atomic E-state index is 0.0820. The lowest BCUT2D eigenvalue weighted by Gasteiger charge is -2.35. The molecule has 0 aliphatic heterocycles. The molecule has 0 spiro atoms. The molecule has 0 aromatic heterocycles. The van der Waals surface area contributed by atoms with E-state index in [1.54, 1.807) is 7.11 Å². The first-order valence-corrected chi connectivity index (χ1v) is 5.71. The molecule has 4 heteroatoms. The van der Waals surface area contributed by atoms with Gasteiger partial charge >= 0.3 is 0 Å². The van der Waals surface area contributed by atoms with Crippen molar-refractivity contribution in [2.45, 2.75) is 25.0 Å². The lowest BCUT2D eigenvalue weighted by Crippen LogP contribution is -2.40. The molecule has 0 amide bonds. The summed E-state index contributed by atoms with van der Waals surface area (Å²) in [6, 6.07) is 10.1. The highest BCUT2D eigenvalue weighted by molar-refractivity contribution is 5.49. The van der Waals surface area contributed by atoms with Crippen molar-refractivity contribution in [3.63, 3.8) is 0 Å². The third-order valence-corrected chi connectivity index (χ3v) is 2.94. The summed E-state index contributed by atoms with van der Waals surface area (Å²) in [6.07, 6.45) is 2.48. The maximum absolute atomic E-state index is 8.44. The van der Waals surface area contributed by atoms with Crippen LogP contribution in [0.2, 0.25) is 0 Å². The van der Waals surface area contributed by atoms with E-state index < -0.39 is 0 Å². The molecule has 90 valence electrons. The van der Waals surface area contributed by atoms with Crippen molar-refractivity contribution < 1.29 is 9.47 Å². The largest absolute Gasteiger partial charge is 0.479 e. The van der Waals surface area contributed by atoms with Crippen LogP contribution >= 0.6 is 0 Å². The summed E-state index contributed by atoms with van der Waals surface area (Å²) >= 11 is 0. The van der Waals surface area contributed by atoms with Gasteiger partial charge in [0.05, 0.1) is 6.10 Å². The van der Waals surface area contributed by atoms with Crippen molar-refractivity contribution in [2.75, 3.05) is 19.0 Å². The molecule has 1 aromatic carbocycles. The van der Waals surface area contributed by atoms with Gasteiger partial charge in [0.1, 0.15) is 11.8 Å². The zero-order chi connectivity index (χ0) is 12.1. The summed E-state index contributed by atoms with van der Waals surface area (Å²) in [5.74, 6) is 0.721. The molecule has 1 aromatic rings. The lowest BCUT2D eigenvalue weighted by atomic mass is 9.89. The molecule has 0 unspecified atom stereocenters. The Morgan fingerprint density at radius 1 is 1.47 bits per heavy atom. The topological polar surface area (TPSA) is 54.3 Å². The van der Waals surface area contributed by atoms with Crippen molar-refractivity contribution in [3.05, 3.63) is 24.3 Å². The van der Waals surface area contributed by atoms with E-state index in [4.69, 9.17) is 14.7 Å². The summed E-state index contributed by atoms with van der Waals surface area (Å²) in [5, 5.41) is 11.9. The second-order valence-corrected chi connectivity index (χ2v) is 4.14. The average Bonchev–Trinajstić information content (AvgIpc) is 2.31. The van der Waals surface area contributed by atoms with Gasteiger partial charge in [-0.3, -0.25) is 0 Å². The number of ether oxygens (including phenoxy) is 2. The number of nitrogens with one attached hydrogen (secondary N) is 1. The molecule has 0 bridgehead atoms. The van der Waals surface area contributed by atoms with E-state index in [1.807, 2.05) is 30.3 Å². The van der Waals surface area contributed by atoms with Crippen LogP contribution in [0.3, 0.4) is 0 Å². The first-order chi connectivity index (χ1) is 8.31. The van der Waals surface area contributed by atoms with E-state index in [2.05, 4.69) is 5.32 Å². The van der Waals surface area contributed by atoms with Gasteiger partial charge in [0, 0.05) is 24.9 Å². The Kier molecular flexibility index (Phi) is 3.84. The lowest BCUT2D eigenvalue weighted by molar-refractivity contribution is 0.0329. The van der Waals surface area contributed by atoms with Crippen molar-refractivity contribution in [1.29, 1.82) is 5.26 Å². The highest BCUT2D eigenvalue weighted by atomic mass is 16.5. The van der Waals surface area contributed by atoms with Crippen LogP contribution in [0.4, 0.5) is 5.69 Å². The SMILES string of the molecule is COC1CC(Nc2cccc(OCC#N)c2)C1. The quantitative estimate of drug-likeness (QED) is 0.845. The van der Waals surface area contributed by atoms with E-state index >= 15 is 0 Å². The highest BCUT2D eigenvalue weighted by Gasteiger charge is 2.28. The summed E-state index contributed by atoms with van der Waals surface area (Å²) in [5.41, 5.74) is 1.03. The minimum absolute atomic E-state index is 0.0820. The Labute approximate surface area is 101 Å². The van der Waals surface area contributed by atoms with Crippen molar-refractivity contribution in [3.8, 4) is 11.8 Å². The average molecular weight is 232 g/mol. The summed E-state index contributed by atoms with van der Waals surface area (Å²) in [4.78, 5) is 0. The second-order valence-electron chi connectivity index (χ2n) is 4.14. The molecule has 2 rings (SSSR count). The van der Waals surface area contributed by atoms with Gasteiger partial charge in [-0.2, -0.15) is 5.26 Å². The van der Waals surface area contributed by atoms with Gasteiger partial charge in [0.15, 0.2) is 6.61 Å².